The van der Waals surface area contributed by atoms with Crippen molar-refractivity contribution in [1.82, 2.24) is 0 Å². The van der Waals surface area contributed by atoms with Gasteiger partial charge in [0, 0.05) is 6.07 Å². The van der Waals surface area contributed by atoms with Gasteiger partial charge in [-0.2, -0.15) is 0 Å². The van der Waals surface area contributed by atoms with E-state index in [1.165, 1.54) is 5.56 Å². The largest absolute Gasteiger partial charge is 0.486 e. The average Bonchev–Trinajstić information content (AvgIpc) is 2.50. The van der Waals surface area contributed by atoms with Crippen LogP contribution >= 0.6 is 0 Å². The molecule has 0 amide bonds. The van der Waals surface area contributed by atoms with Crippen LogP contribution < -0.4 is 10.5 Å². The number of hydrogen-bond acceptors (Lipinski definition) is 2. The maximum atomic E-state index is 13.6. The Morgan fingerprint density at radius 3 is 2.38 bits per heavy atom. The first-order valence-electron chi connectivity index (χ1n) is 6.97. The minimum absolute atomic E-state index is 0.122. The molecular weight excluding hydrogens is 272 g/mol. The first-order valence-corrected chi connectivity index (χ1v) is 6.97. The molecule has 0 aromatic heterocycles. The summed E-state index contributed by atoms with van der Waals surface area (Å²) in [6.07, 6.45) is 0.476. The minimum atomic E-state index is -0.600. The summed E-state index contributed by atoms with van der Waals surface area (Å²) in [5.41, 5.74) is 8.24. The fourth-order valence-electron chi connectivity index (χ4n) is 2.09. The molecule has 2 aromatic rings. The third-order valence-electron chi connectivity index (χ3n) is 3.48. The van der Waals surface area contributed by atoms with E-state index >= 15 is 0 Å². The molecule has 0 fully saturated rings. The Hall–Kier alpha value is -1.94. The van der Waals surface area contributed by atoms with Gasteiger partial charge in [-0.3, -0.25) is 0 Å². The van der Waals surface area contributed by atoms with E-state index in [0.29, 0.717) is 0 Å². The number of ether oxygens (including phenoxy) is 1. The maximum absolute atomic E-state index is 13.6. The molecule has 2 rings (SSSR count). The van der Waals surface area contributed by atoms with Gasteiger partial charge in [-0.15, -0.1) is 0 Å². The van der Waals surface area contributed by atoms with Crippen LogP contribution in [0.1, 0.15) is 31.0 Å². The summed E-state index contributed by atoms with van der Waals surface area (Å²) in [7, 11) is 0. The number of hydrogen-bond donors (Lipinski definition) is 1. The van der Waals surface area contributed by atoms with E-state index in [-0.39, 0.29) is 5.75 Å². The number of rotatable bonds is 5. The lowest BCUT2D eigenvalue weighted by molar-refractivity contribution is 0.181. The SMILES string of the molecule is CCc1ccc(C(N)C(C)Oc2cc(F)ccc2F)cc1. The molecule has 0 spiro atoms. The van der Waals surface area contributed by atoms with Crippen LogP contribution in [0, 0.1) is 11.6 Å². The van der Waals surface area contributed by atoms with Crippen LogP contribution in [0.25, 0.3) is 0 Å². The summed E-state index contributed by atoms with van der Waals surface area (Å²) in [4.78, 5) is 0. The number of aryl methyl sites for hydroxylation is 1. The van der Waals surface area contributed by atoms with Crippen molar-refractivity contribution < 1.29 is 13.5 Å². The molecule has 0 aliphatic heterocycles. The monoisotopic (exact) mass is 291 g/mol. The summed E-state index contributed by atoms with van der Waals surface area (Å²) >= 11 is 0. The standard InChI is InChI=1S/C17H19F2NO/c1-3-12-4-6-13(7-5-12)17(20)11(2)21-16-10-14(18)8-9-15(16)19/h4-11,17H,3,20H2,1-2H3. The molecule has 21 heavy (non-hydrogen) atoms. The van der Waals surface area contributed by atoms with E-state index in [1.807, 2.05) is 24.3 Å². The van der Waals surface area contributed by atoms with Gasteiger partial charge < -0.3 is 10.5 Å². The van der Waals surface area contributed by atoms with Crippen molar-refractivity contribution in [2.24, 2.45) is 5.73 Å². The van der Waals surface area contributed by atoms with E-state index < -0.39 is 23.8 Å². The van der Waals surface area contributed by atoms with Crippen molar-refractivity contribution in [2.45, 2.75) is 32.4 Å². The van der Waals surface area contributed by atoms with Gasteiger partial charge in [-0.1, -0.05) is 31.2 Å². The topological polar surface area (TPSA) is 35.2 Å². The van der Waals surface area contributed by atoms with Crippen molar-refractivity contribution in [3.05, 3.63) is 65.2 Å². The van der Waals surface area contributed by atoms with Crippen LogP contribution in [0.15, 0.2) is 42.5 Å². The Kier molecular flexibility index (Phi) is 4.91. The van der Waals surface area contributed by atoms with E-state index in [1.54, 1.807) is 6.92 Å². The van der Waals surface area contributed by atoms with E-state index in [4.69, 9.17) is 10.5 Å². The molecule has 0 saturated carbocycles. The molecule has 2 nitrogen and oxygen atoms in total. The number of nitrogens with two attached hydrogens (primary N) is 1. The van der Waals surface area contributed by atoms with Crippen LogP contribution in [-0.2, 0) is 6.42 Å². The lowest BCUT2D eigenvalue weighted by Crippen LogP contribution is -2.29. The van der Waals surface area contributed by atoms with Gasteiger partial charge >= 0.3 is 0 Å². The van der Waals surface area contributed by atoms with Crippen molar-refractivity contribution >= 4 is 0 Å². The fourth-order valence-corrected chi connectivity index (χ4v) is 2.09. The maximum Gasteiger partial charge on any atom is 0.165 e. The molecule has 0 bridgehead atoms. The summed E-state index contributed by atoms with van der Waals surface area (Å²) < 4.78 is 32.1. The fraction of sp³-hybridized carbons (Fsp3) is 0.294. The molecule has 2 unspecified atom stereocenters. The molecule has 0 aliphatic rings. The molecule has 2 atom stereocenters. The molecule has 0 radical (unpaired) electrons. The van der Waals surface area contributed by atoms with E-state index in [0.717, 1.165) is 30.2 Å². The minimum Gasteiger partial charge on any atom is -0.486 e. The smallest absolute Gasteiger partial charge is 0.165 e. The van der Waals surface area contributed by atoms with Gasteiger partial charge in [0.1, 0.15) is 11.9 Å². The summed E-state index contributed by atoms with van der Waals surface area (Å²) in [6, 6.07) is 10.6. The van der Waals surface area contributed by atoms with Gasteiger partial charge in [0.15, 0.2) is 11.6 Å². The van der Waals surface area contributed by atoms with Crippen LogP contribution in [0.2, 0.25) is 0 Å². The predicted molar refractivity (Wildman–Crippen MR) is 79.2 cm³/mol. The van der Waals surface area contributed by atoms with Gasteiger partial charge in [0.2, 0.25) is 0 Å². The van der Waals surface area contributed by atoms with Crippen LogP contribution in [0.3, 0.4) is 0 Å². The average molecular weight is 291 g/mol. The summed E-state index contributed by atoms with van der Waals surface area (Å²) in [5, 5.41) is 0. The number of halogens is 2. The third-order valence-corrected chi connectivity index (χ3v) is 3.48. The van der Waals surface area contributed by atoms with Crippen molar-refractivity contribution in [3.63, 3.8) is 0 Å². The number of benzene rings is 2. The third kappa shape index (κ3) is 3.79. The lowest BCUT2D eigenvalue weighted by Gasteiger charge is -2.22. The molecule has 0 heterocycles. The normalized spacial score (nSPS) is 13.8. The zero-order valence-electron chi connectivity index (χ0n) is 12.1. The van der Waals surface area contributed by atoms with Gasteiger partial charge in [0.05, 0.1) is 6.04 Å². The molecule has 2 N–H and O–H groups in total. The Bertz CT molecular complexity index is 598. The first-order chi connectivity index (χ1) is 10.0. The second-order valence-corrected chi connectivity index (χ2v) is 5.02. The lowest BCUT2D eigenvalue weighted by atomic mass is 10.0. The quantitative estimate of drug-likeness (QED) is 0.904. The van der Waals surface area contributed by atoms with Gasteiger partial charge in [0.25, 0.3) is 0 Å². The second kappa shape index (κ2) is 6.68. The highest BCUT2D eigenvalue weighted by atomic mass is 19.1. The highest BCUT2D eigenvalue weighted by molar-refractivity contribution is 5.28. The van der Waals surface area contributed by atoms with Crippen molar-refractivity contribution in [2.75, 3.05) is 0 Å². The van der Waals surface area contributed by atoms with Crippen LogP contribution in [0.5, 0.6) is 5.75 Å². The highest BCUT2D eigenvalue weighted by Crippen LogP contribution is 2.24. The van der Waals surface area contributed by atoms with Crippen molar-refractivity contribution in [1.29, 1.82) is 0 Å². The van der Waals surface area contributed by atoms with Crippen LogP contribution in [-0.4, -0.2) is 6.10 Å². The molecular formula is C17H19F2NO. The first kappa shape index (κ1) is 15.4. The van der Waals surface area contributed by atoms with Gasteiger partial charge in [-0.25, -0.2) is 8.78 Å². The van der Waals surface area contributed by atoms with E-state index in [2.05, 4.69) is 6.92 Å². The Morgan fingerprint density at radius 2 is 1.76 bits per heavy atom. The van der Waals surface area contributed by atoms with E-state index in [9.17, 15) is 8.78 Å². The van der Waals surface area contributed by atoms with Gasteiger partial charge in [-0.05, 0) is 36.6 Å². The molecule has 2 aromatic carbocycles. The Morgan fingerprint density at radius 1 is 1.10 bits per heavy atom. The molecule has 0 aliphatic carbocycles. The molecule has 0 saturated heterocycles. The van der Waals surface area contributed by atoms with Crippen LogP contribution in [0.4, 0.5) is 8.78 Å². The predicted octanol–water partition coefficient (Wildman–Crippen LogP) is 3.99. The van der Waals surface area contributed by atoms with Crippen molar-refractivity contribution in [3.8, 4) is 5.75 Å². The highest BCUT2D eigenvalue weighted by Gasteiger charge is 2.18. The zero-order valence-corrected chi connectivity index (χ0v) is 12.1. The summed E-state index contributed by atoms with van der Waals surface area (Å²) in [6.45, 7) is 3.82. The molecule has 4 heteroatoms. The summed E-state index contributed by atoms with van der Waals surface area (Å²) in [5.74, 6) is -1.26. The second-order valence-electron chi connectivity index (χ2n) is 5.02. The Labute approximate surface area is 123 Å². The zero-order chi connectivity index (χ0) is 15.4. The molecule has 112 valence electrons. The Balaban J connectivity index is 2.11.